The van der Waals surface area contributed by atoms with E-state index in [0.717, 1.165) is 5.56 Å². The van der Waals surface area contributed by atoms with Gasteiger partial charge in [0.05, 0.1) is 4.92 Å². The Morgan fingerprint density at radius 1 is 1.00 bits per heavy atom. The van der Waals surface area contributed by atoms with Crippen LogP contribution in [-0.4, -0.2) is 23.5 Å². The Labute approximate surface area is 154 Å². The summed E-state index contributed by atoms with van der Waals surface area (Å²) in [6.45, 7) is 0.508. The Morgan fingerprint density at radius 3 is 2.44 bits per heavy atom. The van der Waals surface area contributed by atoms with Crippen molar-refractivity contribution in [1.29, 1.82) is 0 Å². The predicted octanol–water partition coefficient (Wildman–Crippen LogP) is 2.36. The lowest BCUT2D eigenvalue weighted by atomic mass is 10.2. The number of nitrogens with zero attached hydrogens (tertiary/aromatic N) is 1. The van der Waals surface area contributed by atoms with E-state index in [0.29, 0.717) is 23.7 Å². The summed E-state index contributed by atoms with van der Waals surface area (Å²) in [6.07, 6.45) is 0.0350. The number of amides is 2. The Morgan fingerprint density at radius 2 is 1.70 bits per heavy atom. The van der Waals surface area contributed by atoms with Crippen molar-refractivity contribution < 1.29 is 24.0 Å². The molecule has 2 aromatic carbocycles. The largest absolute Gasteiger partial charge is 0.454 e. The number of hydrogen-bond donors (Lipinski definition) is 2. The molecular weight excluding hydrogens is 354 g/mol. The second-order valence-corrected chi connectivity index (χ2v) is 5.82. The first kappa shape index (κ1) is 18.2. The van der Waals surface area contributed by atoms with Crippen LogP contribution in [0.3, 0.4) is 0 Å². The first-order valence-electron chi connectivity index (χ1n) is 8.21. The minimum absolute atomic E-state index is 0.00393. The van der Waals surface area contributed by atoms with Crippen LogP contribution >= 0.6 is 0 Å². The van der Waals surface area contributed by atoms with Crippen molar-refractivity contribution in [3.05, 3.63) is 58.1 Å². The number of anilines is 1. The molecule has 0 saturated carbocycles. The highest BCUT2D eigenvalue weighted by molar-refractivity contribution is 5.93. The van der Waals surface area contributed by atoms with E-state index in [1.54, 1.807) is 12.1 Å². The van der Waals surface area contributed by atoms with Gasteiger partial charge in [-0.2, -0.15) is 0 Å². The standard InChI is InChI=1S/C18H17N3O6/c22-17(19-10-12-1-6-15-16(9-12)27-11-26-15)7-8-18(23)20-13-2-4-14(5-3-13)21(24)25/h1-6,9H,7-8,10-11H2,(H,19,22)(H,20,23). The van der Waals surface area contributed by atoms with Gasteiger partial charge in [0.15, 0.2) is 11.5 Å². The van der Waals surface area contributed by atoms with Crippen LogP contribution in [0.15, 0.2) is 42.5 Å². The van der Waals surface area contributed by atoms with Crippen LogP contribution in [-0.2, 0) is 16.1 Å². The van der Waals surface area contributed by atoms with Gasteiger partial charge in [0.1, 0.15) is 0 Å². The fourth-order valence-electron chi connectivity index (χ4n) is 2.46. The van der Waals surface area contributed by atoms with Gasteiger partial charge in [-0.05, 0) is 29.8 Å². The maximum atomic E-state index is 11.9. The number of benzene rings is 2. The molecule has 0 aromatic heterocycles. The van der Waals surface area contributed by atoms with Crippen molar-refractivity contribution in [1.82, 2.24) is 5.32 Å². The monoisotopic (exact) mass is 371 g/mol. The molecule has 0 fully saturated rings. The maximum Gasteiger partial charge on any atom is 0.269 e. The van der Waals surface area contributed by atoms with Gasteiger partial charge in [-0.25, -0.2) is 0 Å². The fraction of sp³-hybridized carbons (Fsp3) is 0.222. The van der Waals surface area contributed by atoms with Crippen molar-refractivity contribution in [2.24, 2.45) is 0 Å². The number of rotatable bonds is 7. The van der Waals surface area contributed by atoms with Crippen LogP contribution in [0.2, 0.25) is 0 Å². The molecule has 0 saturated heterocycles. The van der Waals surface area contributed by atoms with Crippen molar-refractivity contribution in [3.8, 4) is 11.5 Å². The Hall–Kier alpha value is -3.62. The second-order valence-electron chi connectivity index (χ2n) is 5.82. The van der Waals surface area contributed by atoms with Gasteiger partial charge in [-0.1, -0.05) is 6.07 Å². The molecule has 140 valence electrons. The molecule has 2 amide bonds. The molecule has 0 spiro atoms. The van der Waals surface area contributed by atoms with Gasteiger partial charge >= 0.3 is 0 Å². The highest BCUT2D eigenvalue weighted by atomic mass is 16.7. The smallest absolute Gasteiger partial charge is 0.269 e. The van der Waals surface area contributed by atoms with E-state index in [9.17, 15) is 19.7 Å². The summed E-state index contributed by atoms with van der Waals surface area (Å²) in [5, 5.41) is 15.9. The van der Waals surface area contributed by atoms with Crippen LogP contribution in [0, 0.1) is 10.1 Å². The summed E-state index contributed by atoms with van der Waals surface area (Å²) in [5.41, 5.74) is 1.24. The van der Waals surface area contributed by atoms with E-state index in [2.05, 4.69) is 10.6 Å². The molecule has 2 aromatic rings. The average Bonchev–Trinajstić information content (AvgIpc) is 3.13. The van der Waals surface area contributed by atoms with E-state index < -0.39 is 4.92 Å². The zero-order valence-corrected chi connectivity index (χ0v) is 14.3. The number of ether oxygens (including phenoxy) is 2. The quantitative estimate of drug-likeness (QED) is 0.569. The third-order valence-corrected chi connectivity index (χ3v) is 3.87. The molecule has 0 atom stereocenters. The molecule has 0 unspecified atom stereocenters. The van der Waals surface area contributed by atoms with E-state index in [1.165, 1.54) is 24.3 Å². The topological polar surface area (TPSA) is 120 Å². The van der Waals surface area contributed by atoms with Crippen molar-refractivity contribution in [2.75, 3.05) is 12.1 Å². The molecule has 2 N–H and O–H groups in total. The van der Waals surface area contributed by atoms with Crippen molar-refractivity contribution in [3.63, 3.8) is 0 Å². The Kier molecular flexibility index (Phi) is 5.50. The lowest BCUT2D eigenvalue weighted by Crippen LogP contribution is -2.24. The van der Waals surface area contributed by atoms with Crippen LogP contribution < -0.4 is 20.1 Å². The number of fused-ring (bicyclic) bond motifs is 1. The Bertz CT molecular complexity index is 866. The molecule has 27 heavy (non-hydrogen) atoms. The maximum absolute atomic E-state index is 11.9. The van der Waals surface area contributed by atoms with Gasteiger partial charge in [0, 0.05) is 37.2 Å². The summed E-state index contributed by atoms with van der Waals surface area (Å²) >= 11 is 0. The highest BCUT2D eigenvalue weighted by Crippen LogP contribution is 2.32. The van der Waals surface area contributed by atoms with E-state index >= 15 is 0 Å². The van der Waals surface area contributed by atoms with Crippen molar-refractivity contribution in [2.45, 2.75) is 19.4 Å². The van der Waals surface area contributed by atoms with Crippen LogP contribution in [0.5, 0.6) is 11.5 Å². The van der Waals surface area contributed by atoms with Crippen molar-refractivity contribution >= 4 is 23.2 Å². The molecule has 1 heterocycles. The predicted molar refractivity (Wildman–Crippen MR) is 95.4 cm³/mol. The summed E-state index contributed by atoms with van der Waals surface area (Å²) < 4.78 is 10.5. The number of hydrogen-bond acceptors (Lipinski definition) is 6. The van der Waals surface area contributed by atoms with E-state index in [1.807, 2.05) is 6.07 Å². The molecule has 9 nitrogen and oxygen atoms in total. The highest BCUT2D eigenvalue weighted by Gasteiger charge is 2.14. The summed E-state index contributed by atoms with van der Waals surface area (Å²) in [6, 6.07) is 10.9. The molecule has 0 bridgehead atoms. The summed E-state index contributed by atoms with van der Waals surface area (Å²) in [7, 11) is 0. The SMILES string of the molecule is O=C(CCC(=O)Nc1ccc([N+](=O)[O-])cc1)NCc1ccc2c(c1)OCO2. The van der Waals surface area contributed by atoms with Gasteiger partial charge in [0.2, 0.25) is 18.6 Å². The Balaban J connectivity index is 1.40. The lowest BCUT2D eigenvalue weighted by molar-refractivity contribution is -0.384. The third-order valence-electron chi connectivity index (χ3n) is 3.87. The van der Waals surface area contributed by atoms with E-state index in [-0.39, 0.29) is 37.1 Å². The molecule has 1 aliphatic heterocycles. The number of carbonyl (C=O) groups excluding carboxylic acids is 2. The van der Waals surface area contributed by atoms with E-state index in [4.69, 9.17) is 9.47 Å². The van der Waals surface area contributed by atoms with Gasteiger partial charge in [0.25, 0.3) is 5.69 Å². The lowest BCUT2D eigenvalue weighted by Gasteiger charge is -2.07. The number of non-ortho nitro benzene ring substituents is 1. The molecule has 3 rings (SSSR count). The van der Waals surface area contributed by atoms with Gasteiger partial charge < -0.3 is 20.1 Å². The average molecular weight is 371 g/mol. The molecule has 9 heteroatoms. The first-order chi connectivity index (χ1) is 13.0. The molecule has 1 aliphatic rings. The number of nitro groups is 1. The third kappa shape index (κ3) is 4.94. The number of nitrogens with one attached hydrogen (secondary N) is 2. The molecule has 0 radical (unpaired) electrons. The first-order valence-corrected chi connectivity index (χ1v) is 8.21. The zero-order chi connectivity index (χ0) is 19.2. The second kappa shape index (κ2) is 8.17. The number of nitro benzene ring substituents is 1. The number of carbonyl (C=O) groups is 2. The molecular formula is C18H17N3O6. The zero-order valence-electron chi connectivity index (χ0n) is 14.3. The minimum atomic E-state index is -0.518. The summed E-state index contributed by atoms with van der Waals surface area (Å²) in [5.74, 6) is 0.714. The van der Waals surface area contributed by atoms with Gasteiger partial charge in [-0.3, -0.25) is 19.7 Å². The summed E-state index contributed by atoms with van der Waals surface area (Å²) in [4.78, 5) is 33.9. The normalized spacial score (nSPS) is 11.7. The van der Waals surface area contributed by atoms with Gasteiger partial charge in [-0.15, -0.1) is 0 Å². The van der Waals surface area contributed by atoms with Crippen LogP contribution in [0.1, 0.15) is 18.4 Å². The van der Waals surface area contributed by atoms with Crippen LogP contribution in [0.25, 0.3) is 0 Å². The molecule has 0 aliphatic carbocycles. The van der Waals surface area contributed by atoms with Crippen LogP contribution in [0.4, 0.5) is 11.4 Å². The fourth-order valence-corrected chi connectivity index (χ4v) is 2.46. The minimum Gasteiger partial charge on any atom is -0.454 e.